The molecule has 1 N–H and O–H groups in total. The van der Waals surface area contributed by atoms with Crippen molar-refractivity contribution in [3.63, 3.8) is 0 Å². The lowest BCUT2D eigenvalue weighted by Crippen LogP contribution is -2.15. The van der Waals surface area contributed by atoms with Gasteiger partial charge in [-0.1, -0.05) is 53.8 Å². The van der Waals surface area contributed by atoms with Crippen LogP contribution in [0.3, 0.4) is 0 Å². The Morgan fingerprint density at radius 2 is 1.79 bits per heavy atom. The summed E-state index contributed by atoms with van der Waals surface area (Å²) in [5.41, 5.74) is -0.703. The summed E-state index contributed by atoms with van der Waals surface area (Å²) in [4.78, 5) is 21.8. The molecular formula is C26H14F5N5O2S. The minimum atomic E-state index is -4.79. The molecule has 3 aromatic carbocycles. The zero-order chi connectivity index (χ0) is 27.3. The van der Waals surface area contributed by atoms with Crippen LogP contribution >= 0.6 is 11.3 Å². The van der Waals surface area contributed by atoms with Crippen molar-refractivity contribution in [2.75, 3.05) is 5.32 Å². The van der Waals surface area contributed by atoms with Gasteiger partial charge in [0, 0.05) is 5.56 Å². The summed E-state index contributed by atoms with van der Waals surface area (Å²) >= 11 is 0.983. The number of thiazole rings is 1. The average molecular weight is 555 g/mol. The molecule has 0 saturated heterocycles. The molecule has 3 aromatic heterocycles. The van der Waals surface area contributed by atoms with Crippen molar-refractivity contribution >= 4 is 49.0 Å². The fourth-order valence-corrected chi connectivity index (χ4v) is 5.10. The first-order chi connectivity index (χ1) is 18.7. The number of nitrogens with zero attached hydrogens (tertiary/aromatic N) is 4. The normalized spacial score (nSPS) is 12.1. The van der Waals surface area contributed by atoms with Crippen LogP contribution in [0.2, 0.25) is 0 Å². The molecule has 0 fully saturated rings. The molecule has 0 aliphatic carbocycles. The highest BCUT2D eigenvalue weighted by Crippen LogP contribution is 2.35. The van der Waals surface area contributed by atoms with E-state index >= 15 is 0 Å². The standard InChI is InChI=1S/C26H14F5N5O2S/c27-24(28)38-14-8-9-18-20(10-14)39-25(34-18)35-23(37)17-12-32-36-21(26(29,30)31)11-19(33-22(17)36)16-7-3-5-13-4-1-2-6-15(13)16/h1-12,24H,(H,34,35,37). The lowest BCUT2D eigenvalue weighted by Gasteiger charge is -2.13. The molecule has 0 saturated carbocycles. The number of halogens is 5. The predicted octanol–water partition coefficient (Wildman–Crippen LogP) is 7.03. The van der Waals surface area contributed by atoms with E-state index in [1.807, 2.05) is 18.2 Å². The van der Waals surface area contributed by atoms with Gasteiger partial charge in [-0.15, -0.1) is 0 Å². The number of amides is 1. The number of carbonyl (C=O) groups excluding carboxylic acids is 1. The Hall–Kier alpha value is -4.65. The number of rotatable bonds is 5. The van der Waals surface area contributed by atoms with Crippen LogP contribution in [0.15, 0.2) is 72.9 Å². The molecule has 6 rings (SSSR count). The third-order valence-electron chi connectivity index (χ3n) is 5.88. The second-order valence-corrected chi connectivity index (χ2v) is 9.36. The van der Waals surface area contributed by atoms with E-state index in [0.29, 0.717) is 25.7 Å². The summed E-state index contributed by atoms with van der Waals surface area (Å²) < 4.78 is 72.6. The van der Waals surface area contributed by atoms with E-state index in [9.17, 15) is 26.7 Å². The maximum atomic E-state index is 14.1. The molecule has 0 unspecified atom stereocenters. The van der Waals surface area contributed by atoms with Gasteiger partial charge < -0.3 is 4.74 Å². The third-order valence-corrected chi connectivity index (χ3v) is 6.81. The molecule has 7 nitrogen and oxygen atoms in total. The molecular weight excluding hydrogens is 541 g/mol. The Balaban J connectivity index is 1.42. The van der Waals surface area contributed by atoms with Gasteiger partial charge in [0.1, 0.15) is 11.3 Å². The Morgan fingerprint density at radius 3 is 2.59 bits per heavy atom. The first kappa shape index (κ1) is 24.7. The summed E-state index contributed by atoms with van der Waals surface area (Å²) in [5, 5.41) is 7.94. The zero-order valence-electron chi connectivity index (χ0n) is 19.4. The van der Waals surface area contributed by atoms with Gasteiger partial charge >= 0.3 is 12.8 Å². The zero-order valence-corrected chi connectivity index (χ0v) is 20.2. The number of alkyl halides is 5. The maximum Gasteiger partial charge on any atom is 0.433 e. The van der Waals surface area contributed by atoms with E-state index in [1.165, 1.54) is 18.2 Å². The van der Waals surface area contributed by atoms with Gasteiger partial charge in [-0.2, -0.15) is 27.1 Å². The smallest absolute Gasteiger partial charge is 0.433 e. The van der Waals surface area contributed by atoms with Gasteiger partial charge in [0.05, 0.1) is 22.1 Å². The molecule has 6 aromatic rings. The summed E-state index contributed by atoms with van der Waals surface area (Å²) in [6.45, 7) is -3.00. The van der Waals surface area contributed by atoms with Gasteiger partial charge in [-0.3, -0.25) is 10.1 Å². The fourth-order valence-electron chi connectivity index (χ4n) is 4.21. The highest BCUT2D eigenvalue weighted by atomic mass is 32.1. The van der Waals surface area contributed by atoms with Gasteiger partial charge in [0.2, 0.25) is 0 Å². The van der Waals surface area contributed by atoms with Gasteiger partial charge in [0.25, 0.3) is 5.91 Å². The quantitative estimate of drug-likeness (QED) is 0.231. The van der Waals surface area contributed by atoms with Crippen LogP contribution in [0.4, 0.5) is 27.1 Å². The number of anilines is 1. The molecule has 0 spiro atoms. The van der Waals surface area contributed by atoms with Crippen molar-refractivity contribution in [2.24, 2.45) is 0 Å². The van der Waals surface area contributed by atoms with Crippen LogP contribution in [-0.2, 0) is 6.18 Å². The molecule has 0 aliphatic heterocycles. The molecule has 196 valence electrons. The summed E-state index contributed by atoms with van der Waals surface area (Å²) in [5.74, 6) is -0.865. The Labute approximate surface area is 219 Å². The Kier molecular flexibility index (Phi) is 5.87. The molecule has 13 heteroatoms. The lowest BCUT2D eigenvalue weighted by molar-refractivity contribution is -0.142. The molecule has 1 amide bonds. The van der Waals surface area contributed by atoms with Crippen molar-refractivity contribution in [3.8, 4) is 17.0 Å². The van der Waals surface area contributed by atoms with Crippen LogP contribution in [0.1, 0.15) is 16.1 Å². The lowest BCUT2D eigenvalue weighted by atomic mass is 10.0. The van der Waals surface area contributed by atoms with E-state index in [-0.39, 0.29) is 27.8 Å². The minimum absolute atomic E-state index is 0.0210. The highest BCUT2D eigenvalue weighted by Gasteiger charge is 2.36. The largest absolute Gasteiger partial charge is 0.435 e. The Bertz CT molecular complexity index is 1880. The van der Waals surface area contributed by atoms with Crippen molar-refractivity contribution in [3.05, 3.63) is 84.2 Å². The minimum Gasteiger partial charge on any atom is -0.435 e. The number of fused-ring (bicyclic) bond motifs is 3. The molecule has 0 bridgehead atoms. The summed E-state index contributed by atoms with van der Waals surface area (Å²) in [7, 11) is 0. The number of benzene rings is 3. The summed E-state index contributed by atoms with van der Waals surface area (Å²) in [6, 6.07) is 17.4. The number of hydrogen-bond acceptors (Lipinski definition) is 6. The van der Waals surface area contributed by atoms with E-state index in [0.717, 1.165) is 29.0 Å². The van der Waals surface area contributed by atoms with Crippen LogP contribution in [0.5, 0.6) is 5.75 Å². The maximum absolute atomic E-state index is 14.1. The van der Waals surface area contributed by atoms with Crippen molar-refractivity contribution in [2.45, 2.75) is 12.8 Å². The average Bonchev–Trinajstić information content (AvgIpc) is 3.50. The molecule has 0 radical (unpaired) electrons. The van der Waals surface area contributed by atoms with Crippen molar-refractivity contribution in [1.29, 1.82) is 0 Å². The van der Waals surface area contributed by atoms with E-state index in [1.54, 1.807) is 24.3 Å². The van der Waals surface area contributed by atoms with E-state index < -0.39 is 24.4 Å². The first-order valence-corrected chi connectivity index (χ1v) is 12.1. The van der Waals surface area contributed by atoms with Crippen LogP contribution in [0.25, 0.3) is 37.9 Å². The van der Waals surface area contributed by atoms with Crippen molar-refractivity contribution in [1.82, 2.24) is 19.6 Å². The number of carbonyl (C=O) groups is 1. The molecule has 3 heterocycles. The second kappa shape index (κ2) is 9.27. The molecule has 0 atom stereocenters. The van der Waals surface area contributed by atoms with Gasteiger partial charge in [-0.05, 0) is 35.0 Å². The first-order valence-electron chi connectivity index (χ1n) is 11.3. The summed E-state index contributed by atoms with van der Waals surface area (Å²) in [6.07, 6.45) is -3.78. The monoisotopic (exact) mass is 555 g/mol. The van der Waals surface area contributed by atoms with E-state index in [2.05, 4.69) is 25.1 Å². The Morgan fingerprint density at radius 1 is 1.00 bits per heavy atom. The predicted molar refractivity (Wildman–Crippen MR) is 135 cm³/mol. The van der Waals surface area contributed by atoms with Gasteiger partial charge in [0.15, 0.2) is 16.5 Å². The fraction of sp³-hybridized carbons (Fsp3) is 0.0769. The number of ether oxygens (including phenoxy) is 1. The number of nitrogens with one attached hydrogen (secondary N) is 1. The highest BCUT2D eigenvalue weighted by molar-refractivity contribution is 7.22. The van der Waals surface area contributed by atoms with Crippen LogP contribution in [-0.4, -0.2) is 32.1 Å². The van der Waals surface area contributed by atoms with Crippen LogP contribution in [0, 0.1) is 0 Å². The van der Waals surface area contributed by atoms with E-state index in [4.69, 9.17) is 0 Å². The van der Waals surface area contributed by atoms with Crippen LogP contribution < -0.4 is 10.1 Å². The van der Waals surface area contributed by atoms with Crippen molar-refractivity contribution < 1.29 is 31.5 Å². The SMILES string of the molecule is O=C(Nc1nc2ccc(OC(F)F)cc2s1)c1cnn2c(C(F)(F)F)cc(-c3cccc4ccccc34)nc12. The second-order valence-electron chi connectivity index (χ2n) is 8.33. The molecule has 0 aliphatic rings. The van der Waals surface area contributed by atoms with Gasteiger partial charge in [-0.25, -0.2) is 14.5 Å². The molecule has 39 heavy (non-hydrogen) atoms. The third kappa shape index (κ3) is 4.61. The number of hydrogen-bond donors (Lipinski definition) is 1. The topological polar surface area (TPSA) is 81.4 Å². The number of aromatic nitrogens is 4.